The van der Waals surface area contributed by atoms with E-state index in [2.05, 4.69) is 5.32 Å². The van der Waals surface area contributed by atoms with Crippen LogP contribution in [0.4, 0.5) is 5.69 Å². The molecule has 0 unspecified atom stereocenters. The molecule has 0 aromatic heterocycles. The van der Waals surface area contributed by atoms with Crippen molar-refractivity contribution in [2.24, 2.45) is 0 Å². The Hall–Kier alpha value is -2.47. The van der Waals surface area contributed by atoms with E-state index in [0.29, 0.717) is 11.1 Å². The van der Waals surface area contributed by atoms with Crippen molar-refractivity contribution in [1.29, 1.82) is 0 Å². The van der Waals surface area contributed by atoms with E-state index in [9.17, 15) is 21.6 Å². The maximum absolute atomic E-state index is 13.1. The number of aryl methyl sites for hydroxylation is 3. The van der Waals surface area contributed by atoms with Crippen LogP contribution in [-0.4, -0.2) is 66.2 Å². The molecule has 0 saturated heterocycles. The molecule has 9 nitrogen and oxygen atoms in total. The molecular weight excluding hydrogens is 454 g/mol. The third-order valence-corrected chi connectivity index (χ3v) is 8.79. The van der Waals surface area contributed by atoms with Crippen LogP contribution in [0.5, 0.6) is 5.75 Å². The van der Waals surface area contributed by atoms with Gasteiger partial charge in [-0.05, 0) is 50.1 Å². The van der Waals surface area contributed by atoms with E-state index in [1.807, 2.05) is 6.92 Å². The lowest BCUT2D eigenvalue weighted by atomic mass is 10.1. The second-order valence-electron chi connectivity index (χ2n) is 7.69. The van der Waals surface area contributed by atoms with Crippen molar-refractivity contribution in [1.82, 2.24) is 8.61 Å². The highest BCUT2D eigenvalue weighted by atomic mass is 32.2. The number of hydrogen-bond acceptors (Lipinski definition) is 6. The van der Waals surface area contributed by atoms with Gasteiger partial charge in [-0.3, -0.25) is 4.79 Å². The van der Waals surface area contributed by atoms with E-state index in [-0.39, 0.29) is 21.2 Å². The molecule has 0 heterocycles. The fourth-order valence-corrected chi connectivity index (χ4v) is 5.98. The van der Waals surface area contributed by atoms with E-state index in [1.165, 1.54) is 46.5 Å². The molecule has 0 saturated carbocycles. The van der Waals surface area contributed by atoms with Crippen molar-refractivity contribution in [3.63, 3.8) is 0 Å². The zero-order chi connectivity index (χ0) is 24.4. The fraction of sp³-hybridized carbons (Fsp3) is 0.381. The Labute approximate surface area is 190 Å². The van der Waals surface area contributed by atoms with E-state index < -0.39 is 32.5 Å². The molecule has 0 aliphatic carbocycles. The second-order valence-corrected chi connectivity index (χ2v) is 11.8. The molecule has 1 N–H and O–H groups in total. The summed E-state index contributed by atoms with van der Waals surface area (Å²) in [6.07, 6.45) is 0. The van der Waals surface area contributed by atoms with Crippen LogP contribution in [0.1, 0.15) is 16.7 Å². The van der Waals surface area contributed by atoms with Crippen LogP contribution < -0.4 is 10.1 Å². The molecule has 0 bridgehead atoms. The summed E-state index contributed by atoms with van der Waals surface area (Å²) >= 11 is 0. The van der Waals surface area contributed by atoms with Gasteiger partial charge < -0.3 is 10.1 Å². The Balaban J connectivity index is 2.28. The van der Waals surface area contributed by atoms with Gasteiger partial charge in [0.2, 0.25) is 26.0 Å². The normalized spacial score (nSPS) is 12.3. The Bertz CT molecular complexity index is 1220. The summed E-state index contributed by atoms with van der Waals surface area (Å²) < 4.78 is 58.3. The summed E-state index contributed by atoms with van der Waals surface area (Å²) in [5, 5.41) is 2.55. The van der Waals surface area contributed by atoms with Crippen molar-refractivity contribution in [2.75, 3.05) is 40.1 Å². The number of hydrogen-bond donors (Lipinski definition) is 1. The monoisotopic (exact) mass is 483 g/mol. The number of carbonyl (C=O) groups excluding carboxylic acids is 1. The summed E-state index contributed by atoms with van der Waals surface area (Å²) in [6.45, 7) is 4.86. The second kappa shape index (κ2) is 9.57. The van der Waals surface area contributed by atoms with Gasteiger partial charge in [0.25, 0.3) is 0 Å². The first-order valence-electron chi connectivity index (χ1n) is 9.66. The minimum Gasteiger partial charge on any atom is -0.495 e. The highest BCUT2D eigenvalue weighted by Gasteiger charge is 2.27. The SMILES string of the molecule is COc1ccc(NC(=O)CN(C)S(=O)(=O)c2c(C)cc(C)cc2C)cc1S(=O)(=O)N(C)C. The van der Waals surface area contributed by atoms with Crippen LogP contribution >= 0.6 is 0 Å². The summed E-state index contributed by atoms with van der Waals surface area (Å²) in [6, 6.07) is 7.73. The zero-order valence-corrected chi connectivity index (χ0v) is 20.9. The molecule has 176 valence electrons. The number of benzene rings is 2. The third-order valence-electron chi connectivity index (χ3n) is 4.85. The molecule has 32 heavy (non-hydrogen) atoms. The maximum atomic E-state index is 13.1. The quantitative estimate of drug-likeness (QED) is 0.615. The van der Waals surface area contributed by atoms with Crippen LogP contribution in [0.2, 0.25) is 0 Å². The number of carbonyl (C=O) groups is 1. The van der Waals surface area contributed by atoms with Crippen LogP contribution in [0.25, 0.3) is 0 Å². The van der Waals surface area contributed by atoms with Gasteiger partial charge in [-0.15, -0.1) is 0 Å². The van der Waals surface area contributed by atoms with Crippen molar-refractivity contribution in [3.8, 4) is 5.75 Å². The first kappa shape index (κ1) is 25.8. The average Bonchev–Trinajstić information content (AvgIpc) is 2.66. The summed E-state index contributed by atoms with van der Waals surface area (Å²) in [5.74, 6) is -0.487. The van der Waals surface area contributed by atoms with Gasteiger partial charge in [0.15, 0.2) is 0 Å². The molecule has 0 aliphatic rings. The molecular formula is C21H29N3O6S2. The van der Waals surface area contributed by atoms with Gasteiger partial charge >= 0.3 is 0 Å². The number of anilines is 1. The molecule has 0 radical (unpaired) electrons. The Morgan fingerprint density at radius 3 is 2.00 bits per heavy atom. The standard InChI is InChI=1S/C21H29N3O6S2/c1-14-10-15(2)21(16(3)11-14)32(28,29)24(6)13-20(25)22-17-8-9-18(30-7)19(12-17)31(26,27)23(4)5/h8-12H,13H2,1-7H3,(H,22,25). The Kier molecular flexibility index (Phi) is 7.71. The first-order valence-corrected chi connectivity index (χ1v) is 12.5. The molecule has 2 aromatic rings. The predicted molar refractivity (Wildman–Crippen MR) is 123 cm³/mol. The van der Waals surface area contributed by atoms with Gasteiger partial charge in [-0.25, -0.2) is 21.1 Å². The Morgan fingerprint density at radius 2 is 1.50 bits per heavy atom. The average molecular weight is 484 g/mol. The van der Waals surface area contributed by atoms with Crippen molar-refractivity contribution < 1.29 is 26.4 Å². The van der Waals surface area contributed by atoms with E-state index in [0.717, 1.165) is 14.2 Å². The van der Waals surface area contributed by atoms with Crippen molar-refractivity contribution in [2.45, 2.75) is 30.6 Å². The Morgan fingerprint density at radius 1 is 0.938 bits per heavy atom. The maximum Gasteiger partial charge on any atom is 0.246 e. The van der Waals surface area contributed by atoms with Gasteiger partial charge in [0.1, 0.15) is 10.6 Å². The highest BCUT2D eigenvalue weighted by molar-refractivity contribution is 7.89. The van der Waals surface area contributed by atoms with Crippen molar-refractivity contribution in [3.05, 3.63) is 47.0 Å². The number of amides is 1. The van der Waals surface area contributed by atoms with E-state index >= 15 is 0 Å². The third kappa shape index (κ3) is 5.29. The van der Waals surface area contributed by atoms with E-state index in [4.69, 9.17) is 4.74 Å². The van der Waals surface area contributed by atoms with Crippen LogP contribution in [0.3, 0.4) is 0 Å². The molecule has 1 amide bonds. The minimum atomic E-state index is -3.91. The topological polar surface area (TPSA) is 113 Å². The molecule has 0 aliphatic heterocycles. The van der Waals surface area contributed by atoms with Crippen molar-refractivity contribution >= 4 is 31.6 Å². The molecule has 2 rings (SSSR count). The van der Waals surface area contributed by atoms with Gasteiger partial charge in [0, 0.05) is 26.8 Å². The smallest absolute Gasteiger partial charge is 0.246 e. The lowest BCUT2D eigenvalue weighted by Gasteiger charge is -2.20. The number of ether oxygens (including phenoxy) is 1. The minimum absolute atomic E-state index is 0.116. The van der Waals surface area contributed by atoms with Gasteiger partial charge in [0.05, 0.1) is 18.6 Å². The number of rotatable bonds is 8. The van der Waals surface area contributed by atoms with Crippen LogP contribution in [0.15, 0.2) is 40.1 Å². The van der Waals surface area contributed by atoms with Gasteiger partial charge in [-0.2, -0.15) is 4.31 Å². The number of sulfonamides is 2. The summed E-state index contributed by atoms with van der Waals surface area (Å²) in [7, 11) is -2.30. The highest BCUT2D eigenvalue weighted by Crippen LogP contribution is 2.29. The van der Waals surface area contributed by atoms with Gasteiger partial charge in [-0.1, -0.05) is 17.7 Å². The largest absolute Gasteiger partial charge is 0.495 e. The lowest BCUT2D eigenvalue weighted by Crippen LogP contribution is -2.35. The lowest BCUT2D eigenvalue weighted by molar-refractivity contribution is -0.116. The number of nitrogens with zero attached hydrogens (tertiary/aromatic N) is 2. The van der Waals surface area contributed by atoms with Crippen LogP contribution in [-0.2, 0) is 24.8 Å². The zero-order valence-electron chi connectivity index (χ0n) is 19.3. The molecule has 0 atom stereocenters. The molecule has 0 spiro atoms. The molecule has 2 aromatic carbocycles. The number of nitrogens with one attached hydrogen (secondary N) is 1. The van der Waals surface area contributed by atoms with Crippen LogP contribution in [0, 0.1) is 20.8 Å². The molecule has 0 fully saturated rings. The summed E-state index contributed by atoms with van der Waals surface area (Å²) in [4.78, 5) is 12.6. The predicted octanol–water partition coefficient (Wildman–Crippen LogP) is 2.13. The van der Waals surface area contributed by atoms with E-state index in [1.54, 1.807) is 26.0 Å². The first-order chi connectivity index (χ1) is 14.7. The number of likely N-dealkylation sites (N-methyl/N-ethyl adjacent to an activating group) is 1. The number of methoxy groups -OCH3 is 1. The summed E-state index contributed by atoms with van der Waals surface area (Å²) in [5.41, 5.74) is 2.35. The molecule has 11 heteroatoms. The fourth-order valence-electron chi connectivity index (χ4n) is 3.37.